The summed E-state index contributed by atoms with van der Waals surface area (Å²) in [5.41, 5.74) is 2.38. The van der Waals surface area contributed by atoms with Crippen molar-refractivity contribution in [2.45, 2.75) is 33.2 Å². The number of aromatic nitrogens is 4. The molecule has 0 spiro atoms. The number of hydrogen-bond donors (Lipinski definition) is 1. The molecular weight excluding hydrogens is 372 g/mol. The molecule has 1 aliphatic rings. The van der Waals surface area contributed by atoms with Gasteiger partial charge in [-0.15, -0.1) is 10.2 Å². The molecule has 0 saturated carbocycles. The zero-order valence-electron chi connectivity index (χ0n) is 17.0. The fourth-order valence-electron chi connectivity index (χ4n) is 3.70. The van der Waals surface area contributed by atoms with Crippen LogP contribution in [0.3, 0.4) is 0 Å². The first kappa shape index (κ1) is 19.4. The Balaban J connectivity index is 1.31. The Morgan fingerprint density at radius 1 is 1.31 bits per heavy atom. The van der Waals surface area contributed by atoms with E-state index in [1.165, 1.54) is 0 Å². The van der Waals surface area contributed by atoms with E-state index >= 15 is 0 Å². The maximum absolute atomic E-state index is 12.2. The number of carbonyl (C=O) groups is 1. The molecule has 9 heteroatoms. The number of likely N-dealkylation sites (tertiary alicyclic amines) is 1. The molecule has 0 aliphatic carbocycles. The molecule has 0 bridgehead atoms. The standard InChI is InChI=1S/C20H26N6O3/c1-13-6-7-17(25(13)3)20-23-22-18(28-20)12-26-8-4-5-15(11-26)10-21-19(27)16-9-14(2)29-24-16/h6-7,9,15H,4-5,8,10-12H2,1-3H3,(H,21,27). The second kappa shape index (κ2) is 8.20. The molecule has 1 unspecified atom stereocenters. The molecule has 1 saturated heterocycles. The predicted octanol–water partition coefficient (Wildman–Crippen LogP) is 2.32. The molecule has 1 aliphatic heterocycles. The van der Waals surface area contributed by atoms with Crippen LogP contribution in [0.25, 0.3) is 11.6 Å². The number of hydrogen-bond acceptors (Lipinski definition) is 7. The van der Waals surface area contributed by atoms with Crippen LogP contribution >= 0.6 is 0 Å². The van der Waals surface area contributed by atoms with Gasteiger partial charge in [-0.05, 0) is 51.3 Å². The Bertz CT molecular complexity index is 988. The topological polar surface area (TPSA) is 102 Å². The number of rotatable bonds is 6. The van der Waals surface area contributed by atoms with Crippen LogP contribution in [-0.2, 0) is 13.6 Å². The van der Waals surface area contributed by atoms with Crippen molar-refractivity contribution in [3.05, 3.63) is 41.2 Å². The first-order valence-corrected chi connectivity index (χ1v) is 9.88. The quantitative estimate of drug-likeness (QED) is 0.680. The maximum Gasteiger partial charge on any atom is 0.273 e. The highest BCUT2D eigenvalue weighted by Crippen LogP contribution is 2.22. The van der Waals surface area contributed by atoms with Crippen molar-refractivity contribution in [3.8, 4) is 11.6 Å². The molecule has 9 nitrogen and oxygen atoms in total. The van der Waals surface area contributed by atoms with E-state index in [0.29, 0.717) is 42.2 Å². The van der Waals surface area contributed by atoms with Crippen molar-refractivity contribution in [2.24, 2.45) is 13.0 Å². The summed E-state index contributed by atoms with van der Waals surface area (Å²) in [6.07, 6.45) is 2.15. The van der Waals surface area contributed by atoms with E-state index in [4.69, 9.17) is 8.94 Å². The first-order chi connectivity index (χ1) is 14.0. The van der Waals surface area contributed by atoms with Crippen LogP contribution in [0.1, 0.15) is 40.7 Å². The molecule has 3 aromatic heterocycles. The Kier molecular flexibility index (Phi) is 5.48. The third-order valence-corrected chi connectivity index (χ3v) is 5.43. The molecule has 0 aromatic carbocycles. The van der Waals surface area contributed by atoms with Gasteiger partial charge in [0.05, 0.1) is 6.54 Å². The van der Waals surface area contributed by atoms with Gasteiger partial charge in [0, 0.05) is 31.9 Å². The summed E-state index contributed by atoms with van der Waals surface area (Å²) in [4.78, 5) is 14.5. The van der Waals surface area contributed by atoms with Gasteiger partial charge in [0.25, 0.3) is 11.8 Å². The first-order valence-electron chi connectivity index (χ1n) is 9.88. The summed E-state index contributed by atoms with van der Waals surface area (Å²) in [6.45, 7) is 6.89. The number of piperidine rings is 1. The monoisotopic (exact) mass is 398 g/mol. The van der Waals surface area contributed by atoms with Crippen LogP contribution in [-0.4, -0.2) is 50.4 Å². The third-order valence-electron chi connectivity index (χ3n) is 5.43. The SMILES string of the molecule is Cc1cc(C(=O)NCC2CCCN(Cc3nnc(-c4ccc(C)n4C)o3)C2)no1. The molecule has 154 valence electrons. The Hall–Kier alpha value is -2.94. The molecule has 1 atom stereocenters. The highest BCUT2D eigenvalue weighted by molar-refractivity contribution is 5.92. The maximum atomic E-state index is 12.2. The zero-order chi connectivity index (χ0) is 20.4. The lowest BCUT2D eigenvalue weighted by Crippen LogP contribution is -2.40. The minimum atomic E-state index is -0.196. The average Bonchev–Trinajstić information content (AvgIpc) is 3.42. The van der Waals surface area contributed by atoms with Crippen LogP contribution in [0.15, 0.2) is 27.1 Å². The van der Waals surface area contributed by atoms with E-state index in [1.807, 2.05) is 30.7 Å². The van der Waals surface area contributed by atoms with Crippen molar-refractivity contribution in [1.29, 1.82) is 0 Å². The normalized spacial score (nSPS) is 17.6. The number of nitrogens with zero attached hydrogens (tertiary/aromatic N) is 5. The molecule has 3 aromatic rings. The van der Waals surface area contributed by atoms with E-state index in [1.54, 1.807) is 13.0 Å². The third kappa shape index (κ3) is 4.40. The molecule has 1 fully saturated rings. The molecular formula is C20H26N6O3. The van der Waals surface area contributed by atoms with Gasteiger partial charge in [0.15, 0.2) is 5.69 Å². The summed E-state index contributed by atoms with van der Waals surface area (Å²) >= 11 is 0. The number of nitrogens with one attached hydrogen (secondary N) is 1. The van der Waals surface area contributed by atoms with Crippen molar-refractivity contribution in [2.75, 3.05) is 19.6 Å². The van der Waals surface area contributed by atoms with Crippen LogP contribution < -0.4 is 5.32 Å². The van der Waals surface area contributed by atoms with Gasteiger partial charge >= 0.3 is 0 Å². The highest BCUT2D eigenvalue weighted by Gasteiger charge is 2.23. The van der Waals surface area contributed by atoms with Crippen LogP contribution in [0.2, 0.25) is 0 Å². The largest absolute Gasteiger partial charge is 0.418 e. The lowest BCUT2D eigenvalue weighted by Gasteiger charge is -2.31. The van der Waals surface area contributed by atoms with Gasteiger partial charge < -0.3 is 18.8 Å². The number of aryl methyl sites for hydroxylation is 2. The second-order valence-electron chi connectivity index (χ2n) is 7.70. The van der Waals surface area contributed by atoms with E-state index in [-0.39, 0.29) is 5.91 Å². The summed E-state index contributed by atoms with van der Waals surface area (Å²) in [7, 11) is 1.98. The van der Waals surface area contributed by atoms with E-state index < -0.39 is 0 Å². The fourth-order valence-corrected chi connectivity index (χ4v) is 3.70. The van der Waals surface area contributed by atoms with E-state index in [9.17, 15) is 4.79 Å². The zero-order valence-corrected chi connectivity index (χ0v) is 17.0. The van der Waals surface area contributed by atoms with Crippen LogP contribution in [0, 0.1) is 19.8 Å². The summed E-state index contributed by atoms with van der Waals surface area (Å²) in [5.74, 6) is 1.96. The Morgan fingerprint density at radius 3 is 2.90 bits per heavy atom. The van der Waals surface area contributed by atoms with Gasteiger partial charge in [0.2, 0.25) is 5.89 Å². The van der Waals surface area contributed by atoms with Crippen molar-refractivity contribution < 1.29 is 13.7 Å². The van der Waals surface area contributed by atoms with Crippen LogP contribution in [0.4, 0.5) is 0 Å². The minimum Gasteiger partial charge on any atom is -0.418 e. The lowest BCUT2D eigenvalue weighted by atomic mass is 9.98. The Morgan fingerprint density at radius 2 is 2.17 bits per heavy atom. The molecule has 4 heterocycles. The fraction of sp³-hybridized carbons (Fsp3) is 0.500. The molecule has 29 heavy (non-hydrogen) atoms. The van der Waals surface area contributed by atoms with Crippen molar-refractivity contribution in [3.63, 3.8) is 0 Å². The lowest BCUT2D eigenvalue weighted by molar-refractivity contribution is 0.0918. The molecule has 1 amide bonds. The van der Waals surface area contributed by atoms with Crippen molar-refractivity contribution >= 4 is 5.91 Å². The summed E-state index contributed by atoms with van der Waals surface area (Å²) in [6, 6.07) is 5.66. The molecule has 0 radical (unpaired) electrons. The highest BCUT2D eigenvalue weighted by atomic mass is 16.5. The average molecular weight is 398 g/mol. The summed E-state index contributed by atoms with van der Waals surface area (Å²) < 4.78 is 12.9. The molecule has 4 rings (SSSR count). The minimum absolute atomic E-state index is 0.196. The van der Waals surface area contributed by atoms with Gasteiger partial charge in [-0.2, -0.15) is 0 Å². The van der Waals surface area contributed by atoms with E-state index in [0.717, 1.165) is 37.3 Å². The van der Waals surface area contributed by atoms with Gasteiger partial charge in [0.1, 0.15) is 11.5 Å². The van der Waals surface area contributed by atoms with E-state index in [2.05, 4.69) is 25.6 Å². The number of carbonyl (C=O) groups excluding carboxylic acids is 1. The van der Waals surface area contributed by atoms with Gasteiger partial charge in [-0.3, -0.25) is 9.69 Å². The smallest absolute Gasteiger partial charge is 0.273 e. The Labute approximate surface area is 169 Å². The van der Waals surface area contributed by atoms with Crippen LogP contribution in [0.5, 0.6) is 0 Å². The summed E-state index contributed by atoms with van der Waals surface area (Å²) in [5, 5.41) is 15.1. The predicted molar refractivity (Wildman–Crippen MR) is 105 cm³/mol. The van der Waals surface area contributed by atoms with Gasteiger partial charge in [-0.25, -0.2) is 0 Å². The molecule has 1 N–H and O–H groups in total. The van der Waals surface area contributed by atoms with Gasteiger partial charge in [-0.1, -0.05) is 5.16 Å². The number of amides is 1. The van der Waals surface area contributed by atoms with Crippen molar-refractivity contribution in [1.82, 2.24) is 30.1 Å². The second-order valence-corrected chi connectivity index (χ2v) is 7.70.